The van der Waals surface area contributed by atoms with E-state index in [4.69, 9.17) is 0 Å². The molecule has 0 aromatic heterocycles. The summed E-state index contributed by atoms with van der Waals surface area (Å²) in [6.45, 7) is 0. The zero-order valence-electron chi connectivity index (χ0n) is 11.3. The summed E-state index contributed by atoms with van der Waals surface area (Å²) in [7, 11) is 0. The Bertz CT molecular complexity index is 750. The summed E-state index contributed by atoms with van der Waals surface area (Å²) in [6.07, 6.45) is 0. The molecule has 0 aliphatic carbocycles. The van der Waals surface area contributed by atoms with E-state index in [0.717, 1.165) is 22.5 Å². The van der Waals surface area contributed by atoms with Gasteiger partial charge >= 0.3 is 0 Å². The number of nitrogens with zero attached hydrogens (tertiary/aromatic N) is 2. The average Bonchev–Trinajstić information content (AvgIpc) is 2.55. The molecule has 21 heavy (non-hydrogen) atoms. The van der Waals surface area contributed by atoms with Crippen LogP contribution in [0.5, 0.6) is 5.75 Å². The van der Waals surface area contributed by atoms with Gasteiger partial charge in [0.1, 0.15) is 5.75 Å². The molecule has 0 aliphatic heterocycles. The summed E-state index contributed by atoms with van der Waals surface area (Å²) in [5.74, 6) is 0.274. The highest BCUT2D eigenvalue weighted by Gasteiger charge is 2.02. The van der Waals surface area contributed by atoms with Gasteiger partial charge in [-0.25, -0.2) is 0 Å². The Morgan fingerprint density at radius 3 is 1.81 bits per heavy atom. The molecule has 0 atom stereocenters. The summed E-state index contributed by atoms with van der Waals surface area (Å²) in [4.78, 5) is 0. The van der Waals surface area contributed by atoms with E-state index in [9.17, 15) is 5.11 Å². The van der Waals surface area contributed by atoms with Gasteiger partial charge in [-0.2, -0.15) is 10.2 Å². The van der Waals surface area contributed by atoms with Crippen molar-refractivity contribution in [2.75, 3.05) is 0 Å². The molecule has 0 saturated carbocycles. The molecule has 0 radical (unpaired) electrons. The third-order valence-electron chi connectivity index (χ3n) is 3.12. The zero-order chi connectivity index (χ0) is 14.5. The summed E-state index contributed by atoms with van der Waals surface area (Å²) in [5, 5.41) is 18.2. The Morgan fingerprint density at radius 2 is 1.14 bits per heavy atom. The van der Waals surface area contributed by atoms with Crippen LogP contribution in [0.3, 0.4) is 0 Å². The van der Waals surface area contributed by atoms with Crippen LogP contribution in [-0.2, 0) is 0 Å². The lowest BCUT2D eigenvalue weighted by Crippen LogP contribution is -1.77. The van der Waals surface area contributed by atoms with Gasteiger partial charge in [-0.1, -0.05) is 48.5 Å². The second-order valence-corrected chi connectivity index (χ2v) is 4.60. The number of benzene rings is 3. The van der Waals surface area contributed by atoms with E-state index in [0.29, 0.717) is 0 Å². The van der Waals surface area contributed by atoms with Crippen LogP contribution < -0.4 is 0 Å². The van der Waals surface area contributed by atoms with Crippen LogP contribution in [0.25, 0.3) is 11.1 Å². The molecule has 3 rings (SSSR count). The third kappa shape index (κ3) is 3.15. The van der Waals surface area contributed by atoms with Crippen LogP contribution in [0.2, 0.25) is 0 Å². The summed E-state index contributed by atoms with van der Waals surface area (Å²) in [6, 6.07) is 24.5. The van der Waals surface area contributed by atoms with Crippen molar-refractivity contribution in [2.24, 2.45) is 10.2 Å². The molecule has 1 N–H and O–H groups in total. The largest absolute Gasteiger partial charge is 0.507 e. The summed E-state index contributed by atoms with van der Waals surface area (Å²) < 4.78 is 0. The second-order valence-electron chi connectivity index (χ2n) is 4.60. The summed E-state index contributed by atoms with van der Waals surface area (Å²) in [5.41, 5.74) is 3.36. The van der Waals surface area contributed by atoms with Crippen LogP contribution in [0, 0.1) is 0 Å². The standard InChI is InChI=1S/C18H14N2O/c21-18-9-5-4-8-17(18)14-10-12-16(13-11-14)20-19-15-6-2-1-3-7-15/h1-13,21H. The number of aromatic hydroxyl groups is 1. The minimum Gasteiger partial charge on any atom is -0.507 e. The van der Waals surface area contributed by atoms with Crippen molar-refractivity contribution >= 4 is 11.4 Å². The van der Waals surface area contributed by atoms with Crippen molar-refractivity contribution in [2.45, 2.75) is 0 Å². The maximum Gasteiger partial charge on any atom is 0.123 e. The molecule has 0 saturated heterocycles. The highest BCUT2D eigenvalue weighted by Crippen LogP contribution is 2.30. The Hall–Kier alpha value is -2.94. The Labute approximate surface area is 123 Å². The van der Waals surface area contributed by atoms with Gasteiger partial charge in [-0.3, -0.25) is 0 Å². The first-order chi connectivity index (χ1) is 10.3. The Morgan fingerprint density at radius 1 is 0.571 bits per heavy atom. The molecule has 3 aromatic carbocycles. The van der Waals surface area contributed by atoms with Crippen molar-refractivity contribution in [3.63, 3.8) is 0 Å². The molecule has 0 fully saturated rings. The number of azo groups is 1. The molecule has 0 bridgehead atoms. The zero-order valence-corrected chi connectivity index (χ0v) is 11.3. The molecule has 0 amide bonds. The number of hydrogen-bond acceptors (Lipinski definition) is 3. The van der Waals surface area contributed by atoms with Crippen molar-refractivity contribution in [3.05, 3.63) is 78.9 Å². The van der Waals surface area contributed by atoms with Gasteiger partial charge in [0.25, 0.3) is 0 Å². The molecule has 0 heterocycles. The van der Waals surface area contributed by atoms with Gasteiger partial charge in [0.05, 0.1) is 11.4 Å². The van der Waals surface area contributed by atoms with Crippen LogP contribution in [0.15, 0.2) is 89.1 Å². The first-order valence-corrected chi connectivity index (χ1v) is 6.68. The van der Waals surface area contributed by atoms with Gasteiger partial charge in [-0.15, -0.1) is 0 Å². The monoisotopic (exact) mass is 274 g/mol. The number of phenolic OH excluding ortho intramolecular Hbond substituents is 1. The predicted molar refractivity (Wildman–Crippen MR) is 84.2 cm³/mol. The Balaban J connectivity index is 1.82. The fourth-order valence-corrected chi connectivity index (χ4v) is 2.04. The van der Waals surface area contributed by atoms with E-state index >= 15 is 0 Å². The van der Waals surface area contributed by atoms with Crippen LogP contribution in [0.4, 0.5) is 11.4 Å². The smallest absolute Gasteiger partial charge is 0.123 e. The lowest BCUT2D eigenvalue weighted by molar-refractivity contribution is 0.477. The SMILES string of the molecule is Oc1ccccc1-c1ccc(N=Nc2ccccc2)cc1. The van der Waals surface area contributed by atoms with Crippen LogP contribution in [0.1, 0.15) is 0 Å². The molecular formula is C18H14N2O. The topological polar surface area (TPSA) is 45.0 Å². The molecule has 3 nitrogen and oxygen atoms in total. The molecule has 0 spiro atoms. The van der Waals surface area contributed by atoms with E-state index in [1.807, 2.05) is 66.7 Å². The number of para-hydroxylation sites is 1. The fourth-order valence-electron chi connectivity index (χ4n) is 2.04. The van der Waals surface area contributed by atoms with Gasteiger partial charge in [0.2, 0.25) is 0 Å². The van der Waals surface area contributed by atoms with E-state index < -0.39 is 0 Å². The van der Waals surface area contributed by atoms with Gasteiger partial charge in [-0.05, 0) is 35.9 Å². The van der Waals surface area contributed by atoms with Crippen LogP contribution in [-0.4, -0.2) is 5.11 Å². The molecule has 3 heteroatoms. The minimum absolute atomic E-state index is 0.274. The van der Waals surface area contributed by atoms with Gasteiger partial charge in [0, 0.05) is 5.56 Å². The van der Waals surface area contributed by atoms with Gasteiger partial charge < -0.3 is 5.11 Å². The lowest BCUT2D eigenvalue weighted by atomic mass is 10.0. The highest BCUT2D eigenvalue weighted by molar-refractivity contribution is 5.71. The van der Waals surface area contributed by atoms with Gasteiger partial charge in [0.15, 0.2) is 0 Å². The molecule has 102 valence electrons. The molecular weight excluding hydrogens is 260 g/mol. The number of phenols is 1. The highest BCUT2D eigenvalue weighted by atomic mass is 16.3. The first-order valence-electron chi connectivity index (χ1n) is 6.68. The minimum atomic E-state index is 0.274. The second kappa shape index (κ2) is 6.01. The lowest BCUT2D eigenvalue weighted by Gasteiger charge is -2.04. The third-order valence-corrected chi connectivity index (χ3v) is 3.12. The normalized spacial score (nSPS) is 10.9. The van der Waals surface area contributed by atoms with E-state index in [-0.39, 0.29) is 5.75 Å². The van der Waals surface area contributed by atoms with E-state index in [2.05, 4.69) is 10.2 Å². The van der Waals surface area contributed by atoms with E-state index in [1.165, 1.54) is 0 Å². The van der Waals surface area contributed by atoms with Crippen molar-refractivity contribution in [1.82, 2.24) is 0 Å². The van der Waals surface area contributed by atoms with Crippen molar-refractivity contribution < 1.29 is 5.11 Å². The average molecular weight is 274 g/mol. The van der Waals surface area contributed by atoms with Crippen molar-refractivity contribution in [1.29, 1.82) is 0 Å². The van der Waals surface area contributed by atoms with Crippen LogP contribution >= 0.6 is 0 Å². The molecule has 3 aromatic rings. The first kappa shape index (κ1) is 13.1. The Kier molecular flexibility index (Phi) is 3.74. The van der Waals surface area contributed by atoms with E-state index in [1.54, 1.807) is 12.1 Å². The predicted octanol–water partition coefficient (Wildman–Crippen LogP) is 5.47. The quantitative estimate of drug-likeness (QED) is 0.632. The van der Waals surface area contributed by atoms with Crippen molar-refractivity contribution in [3.8, 4) is 16.9 Å². The maximum absolute atomic E-state index is 9.84. The molecule has 0 unspecified atom stereocenters. The number of hydrogen-bond donors (Lipinski definition) is 1. The maximum atomic E-state index is 9.84. The summed E-state index contributed by atoms with van der Waals surface area (Å²) >= 11 is 0. The molecule has 0 aliphatic rings. The number of rotatable bonds is 3. The fraction of sp³-hybridized carbons (Fsp3) is 0.